The van der Waals surface area contributed by atoms with Gasteiger partial charge in [-0.05, 0) is 55.7 Å². The van der Waals surface area contributed by atoms with Crippen molar-refractivity contribution in [2.45, 2.75) is 50.5 Å². The van der Waals surface area contributed by atoms with E-state index in [1.54, 1.807) is 18.2 Å². The quantitative estimate of drug-likeness (QED) is 0.740. The molecule has 2 saturated carbocycles. The largest absolute Gasteiger partial charge is 0.479 e. The van der Waals surface area contributed by atoms with Gasteiger partial charge < -0.3 is 10.4 Å². The molecule has 1 amide bonds. The maximum absolute atomic E-state index is 12.5. The maximum Gasteiger partial charge on any atom is 0.330 e. The average molecular weight is 375 g/mol. The molecule has 0 saturated heterocycles. The Kier molecular flexibility index (Phi) is 5.43. The molecular formula is C20H23ClN2O3. The van der Waals surface area contributed by atoms with Gasteiger partial charge in [-0.2, -0.15) is 0 Å². The zero-order valence-electron chi connectivity index (χ0n) is 14.6. The third-order valence-corrected chi connectivity index (χ3v) is 5.64. The number of carbonyl (C=O) groups is 2. The van der Waals surface area contributed by atoms with E-state index in [-0.39, 0.29) is 0 Å². The number of halogens is 1. The van der Waals surface area contributed by atoms with Crippen LogP contribution in [0.2, 0.25) is 5.02 Å². The summed E-state index contributed by atoms with van der Waals surface area (Å²) in [7, 11) is 0. The second-order valence-electron chi connectivity index (χ2n) is 7.17. The zero-order chi connectivity index (χ0) is 18.7. The molecule has 0 unspecified atom stereocenters. The summed E-state index contributed by atoms with van der Waals surface area (Å²) in [6.07, 6.45) is 11.0. The number of carboxylic acid groups (broad SMARTS) is 1. The fourth-order valence-corrected chi connectivity index (χ4v) is 3.90. The summed E-state index contributed by atoms with van der Waals surface area (Å²) >= 11 is 6.39. The lowest BCUT2D eigenvalue weighted by Crippen LogP contribution is -2.58. The van der Waals surface area contributed by atoms with Crippen LogP contribution in [0.4, 0.5) is 11.4 Å². The maximum atomic E-state index is 12.5. The smallest absolute Gasteiger partial charge is 0.330 e. The molecule has 0 heterocycles. The highest BCUT2D eigenvalue weighted by Gasteiger charge is 2.48. The number of carboxylic acids is 1. The first-order chi connectivity index (χ1) is 12.5. The van der Waals surface area contributed by atoms with Crippen LogP contribution in [-0.4, -0.2) is 29.1 Å². The van der Waals surface area contributed by atoms with Crippen LogP contribution >= 0.6 is 11.6 Å². The topological polar surface area (TPSA) is 69.6 Å². The number of terminal acetylenes is 1. The van der Waals surface area contributed by atoms with Crippen molar-refractivity contribution in [2.24, 2.45) is 5.92 Å². The lowest BCUT2D eigenvalue weighted by atomic mass is 9.79. The van der Waals surface area contributed by atoms with E-state index in [9.17, 15) is 14.7 Å². The molecule has 0 aromatic heterocycles. The van der Waals surface area contributed by atoms with Crippen molar-refractivity contribution < 1.29 is 14.7 Å². The third kappa shape index (κ3) is 3.66. The Hall–Kier alpha value is -2.19. The van der Waals surface area contributed by atoms with Gasteiger partial charge in [-0.25, -0.2) is 4.79 Å². The SMILES string of the molecule is C#CC(=O)N(c1ccc(NCC2CC2)c(Cl)c1)C1(C(=O)O)CCCCC1. The standard InChI is InChI=1S/C20H23ClN2O3/c1-2-18(24)23(20(19(25)26)10-4-3-5-11-20)15-8-9-17(16(21)12-15)22-13-14-6-7-14/h1,8-9,12,14,22H,3-7,10-11,13H2,(H,25,26). The van der Waals surface area contributed by atoms with Crippen LogP contribution in [0.15, 0.2) is 18.2 Å². The molecule has 0 aliphatic heterocycles. The van der Waals surface area contributed by atoms with E-state index >= 15 is 0 Å². The van der Waals surface area contributed by atoms with E-state index in [0.717, 1.165) is 31.5 Å². The molecule has 2 fully saturated rings. The molecule has 0 radical (unpaired) electrons. The van der Waals surface area contributed by atoms with E-state index in [1.165, 1.54) is 17.7 Å². The molecule has 0 bridgehead atoms. The van der Waals surface area contributed by atoms with Gasteiger partial charge in [0.1, 0.15) is 5.54 Å². The molecule has 2 aliphatic carbocycles. The highest BCUT2D eigenvalue weighted by molar-refractivity contribution is 6.33. The van der Waals surface area contributed by atoms with Crippen molar-refractivity contribution in [3.8, 4) is 12.3 Å². The van der Waals surface area contributed by atoms with E-state index < -0.39 is 17.4 Å². The number of benzene rings is 1. The molecule has 3 rings (SSSR count). The molecule has 26 heavy (non-hydrogen) atoms. The van der Waals surface area contributed by atoms with Gasteiger partial charge in [-0.1, -0.05) is 30.9 Å². The van der Waals surface area contributed by atoms with Crippen molar-refractivity contribution >= 4 is 34.9 Å². The normalized spacial score (nSPS) is 18.6. The minimum Gasteiger partial charge on any atom is -0.479 e. The summed E-state index contributed by atoms with van der Waals surface area (Å²) < 4.78 is 0. The fraction of sp³-hybridized carbons (Fsp3) is 0.500. The van der Waals surface area contributed by atoms with Crippen molar-refractivity contribution in [2.75, 3.05) is 16.8 Å². The predicted molar refractivity (Wildman–Crippen MR) is 102 cm³/mol. The van der Waals surface area contributed by atoms with Crippen LogP contribution in [0.5, 0.6) is 0 Å². The molecule has 1 aromatic carbocycles. The molecule has 0 spiro atoms. The van der Waals surface area contributed by atoms with Gasteiger partial charge in [0.15, 0.2) is 0 Å². The summed E-state index contributed by atoms with van der Waals surface area (Å²) in [5.41, 5.74) is -0.101. The second kappa shape index (κ2) is 7.59. The lowest BCUT2D eigenvalue weighted by molar-refractivity contribution is -0.146. The van der Waals surface area contributed by atoms with Gasteiger partial charge in [-0.3, -0.25) is 9.69 Å². The highest BCUT2D eigenvalue weighted by atomic mass is 35.5. The van der Waals surface area contributed by atoms with Crippen LogP contribution in [0, 0.1) is 18.3 Å². The van der Waals surface area contributed by atoms with Gasteiger partial charge in [0, 0.05) is 12.2 Å². The molecule has 1 aromatic rings. The van der Waals surface area contributed by atoms with E-state index in [0.29, 0.717) is 29.5 Å². The Morgan fingerprint density at radius 1 is 1.31 bits per heavy atom. The van der Waals surface area contributed by atoms with Crippen LogP contribution < -0.4 is 10.2 Å². The first kappa shape index (κ1) is 18.6. The molecule has 6 heteroatoms. The molecule has 2 aliphatic rings. The van der Waals surface area contributed by atoms with Crippen molar-refractivity contribution in [1.82, 2.24) is 0 Å². The number of rotatable bonds is 6. The summed E-state index contributed by atoms with van der Waals surface area (Å²) in [5.74, 6) is 1.12. The summed E-state index contributed by atoms with van der Waals surface area (Å²) in [4.78, 5) is 25.9. The number of carbonyl (C=O) groups excluding carboxylic acids is 1. The summed E-state index contributed by atoms with van der Waals surface area (Å²) in [5, 5.41) is 13.7. The van der Waals surface area contributed by atoms with Gasteiger partial charge >= 0.3 is 11.9 Å². The van der Waals surface area contributed by atoms with Crippen LogP contribution in [0.25, 0.3) is 0 Å². The molecule has 2 N–H and O–H groups in total. The van der Waals surface area contributed by atoms with Crippen LogP contribution in [0.3, 0.4) is 0 Å². The number of hydrogen-bond acceptors (Lipinski definition) is 3. The zero-order valence-corrected chi connectivity index (χ0v) is 15.4. The monoisotopic (exact) mass is 374 g/mol. The Bertz CT molecular complexity index is 746. The third-order valence-electron chi connectivity index (χ3n) is 5.32. The molecular weight excluding hydrogens is 352 g/mol. The number of nitrogens with one attached hydrogen (secondary N) is 1. The minimum absolute atomic E-state index is 0.384. The number of amides is 1. The first-order valence-electron chi connectivity index (χ1n) is 9.05. The van der Waals surface area contributed by atoms with E-state index in [4.69, 9.17) is 18.0 Å². The van der Waals surface area contributed by atoms with Crippen molar-refractivity contribution in [3.63, 3.8) is 0 Å². The Labute approximate surface area is 158 Å². The van der Waals surface area contributed by atoms with Crippen LogP contribution in [0.1, 0.15) is 44.9 Å². The van der Waals surface area contributed by atoms with Crippen molar-refractivity contribution in [3.05, 3.63) is 23.2 Å². The number of nitrogens with zero attached hydrogens (tertiary/aromatic N) is 1. The minimum atomic E-state index is -1.31. The fourth-order valence-electron chi connectivity index (χ4n) is 3.66. The average Bonchev–Trinajstić information content (AvgIpc) is 3.46. The Morgan fingerprint density at radius 3 is 2.54 bits per heavy atom. The lowest BCUT2D eigenvalue weighted by Gasteiger charge is -2.42. The summed E-state index contributed by atoms with van der Waals surface area (Å²) in [6.45, 7) is 0.866. The Morgan fingerprint density at radius 2 is 2.00 bits per heavy atom. The van der Waals surface area contributed by atoms with Gasteiger partial charge in [0.25, 0.3) is 0 Å². The van der Waals surface area contributed by atoms with E-state index in [2.05, 4.69) is 11.2 Å². The van der Waals surface area contributed by atoms with Gasteiger partial charge in [0.05, 0.1) is 10.7 Å². The van der Waals surface area contributed by atoms with Gasteiger partial charge in [-0.15, -0.1) is 6.42 Å². The first-order valence-corrected chi connectivity index (χ1v) is 9.43. The summed E-state index contributed by atoms with van der Waals surface area (Å²) in [6, 6.07) is 5.14. The second-order valence-corrected chi connectivity index (χ2v) is 7.58. The Balaban J connectivity index is 1.94. The van der Waals surface area contributed by atoms with Gasteiger partial charge in [0.2, 0.25) is 0 Å². The number of anilines is 2. The predicted octanol–water partition coefficient (Wildman–Crippen LogP) is 3.92. The highest BCUT2D eigenvalue weighted by Crippen LogP contribution is 2.39. The molecule has 138 valence electrons. The van der Waals surface area contributed by atoms with Crippen molar-refractivity contribution in [1.29, 1.82) is 0 Å². The van der Waals surface area contributed by atoms with E-state index in [1.807, 2.05) is 0 Å². The van der Waals surface area contributed by atoms with Crippen LogP contribution in [-0.2, 0) is 9.59 Å². The number of hydrogen-bond donors (Lipinski definition) is 2. The molecule has 0 atom stereocenters. The number of aliphatic carboxylic acids is 1. The molecule has 5 nitrogen and oxygen atoms in total.